The number of aromatic nitrogens is 2. The Morgan fingerprint density at radius 2 is 2.16 bits per heavy atom. The molecular weight excluding hydrogens is 346 g/mol. The lowest BCUT2D eigenvalue weighted by Crippen LogP contribution is -2.50. The fraction of sp³-hybridized carbons (Fsp3) is 0.733. The van der Waals surface area contributed by atoms with Crippen LogP contribution in [-0.4, -0.2) is 51.0 Å². The molecule has 4 N–H and O–H groups in total. The highest BCUT2D eigenvalue weighted by molar-refractivity contribution is 7.99. The normalized spacial score (nSPS) is 32.6. The number of aromatic amines is 1. The molecule has 2 fully saturated rings. The summed E-state index contributed by atoms with van der Waals surface area (Å²) >= 11 is 1.51. The Hall–Kier alpha value is -1.33. The summed E-state index contributed by atoms with van der Waals surface area (Å²) in [4.78, 5) is 19.7. The molecule has 10 heteroatoms. The molecule has 9 nitrogen and oxygen atoms in total. The molecule has 1 aromatic heterocycles. The summed E-state index contributed by atoms with van der Waals surface area (Å²) in [5, 5.41) is 12.7. The molecule has 0 aromatic carbocycles. The number of aliphatic hydroxyl groups excluding tert-OH is 1. The van der Waals surface area contributed by atoms with Crippen LogP contribution in [0.4, 0.5) is 11.5 Å². The average molecular weight is 369 g/mol. The van der Waals surface area contributed by atoms with Crippen LogP contribution in [-0.2, 0) is 9.47 Å². The van der Waals surface area contributed by atoms with E-state index in [4.69, 9.17) is 9.47 Å². The third kappa shape index (κ3) is 2.91. The Bertz CT molecular complexity index is 726. The third-order valence-corrected chi connectivity index (χ3v) is 5.67. The Morgan fingerprint density at radius 3 is 2.92 bits per heavy atom. The van der Waals surface area contributed by atoms with Crippen molar-refractivity contribution < 1.29 is 14.6 Å². The van der Waals surface area contributed by atoms with Crippen molar-refractivity contribution in [3.05, 3.63) is 10.4 Å². The Kier molecular flexibility index (Phi) is 4.19. The van der Waals surface area contributed by atoms with E-state index in [1.807, 2.05) is 13.8 Å². The lowest BCUT2D eigenvalue weighted by atomic mass is 10.2. The second-order valence-electron chi connectivity index (χ2n) is 6.96. The van der Waals surface area contributed by atoms with Gasteiger partial charge in [-0.25, -0.2) is 4.98 Å². The van der Waals surface area contributed by atoms with Gasteiger partial charge in [0.2, 0.25) is 0 Å². The maximum absolute atomic E-state index is 12.3. The molecule has 1 aromatic rings. The first-order chi connectivity index (χ1) is 11.9. The number of fused-ring (bicyclic) bond motifs is 2. The summed E-state index contributed by atoms with van der Waals surface area (Å²) < 4.78 is 11.8. The van der Waals surface area contributed by atoms with E-state index >= 15 is 0 Å². The van der Waals surface area contributed by atoms with E-state index in [0.29, 0.717) is 23.1 Å². The van der Waals surface area contributed by atoms with Crippen molar-refractivity contribution in [1.82, 2.24) is 15.5 Å². The molecule has 1 saturated heterocycles. The number of H-pyrrole nitrogens is 1. The SMILES string of the molecule is CCCSc1nc2c(c(=O)[nH]1)NNN2C1CC(O)C2OC(C)(C)OC21. The van der Waals surface area contributed by atoms with Gasteiger partial charge in [-0.2, -0.15) is 0 Å². The molecule has 0 bridgehead atoms. The number of hydrazine groups is 2. The topological polar surface area (TPSA) is 112 Å². The predicted molar refractivity (Wildman–Crippen MR) is 93.3 cm³/mol. The number of nitrogens with one attached hydrogen (secondary N) is 3. The molecule has 3 aliphatic rings. The van der Waals surface area contributed by atoms with Crippen molar-refractivity contribution in [3.63, 3.8) is 0 Å². The summed E-state index contributed by atoms with van der Waals surface area (Å²) in [7, 11) is 0. The van der Waals surface area contributed by atoms with Crippen LogP contribution >= 0.6 is 11.8 Å². The van der Waals surface area contributed by atoms with Crippen molar-refractivity contribution >= 4 is 23.3 Å². The number of rotatable bonds is 4. The van der Waals surface area contributed by atoms with Gasteiger partial charge in [-0.3, -0.25) is 20.2 Å². The van der Waals surface area contributed by atoms with Crippen molar-refractivity contribution in [2.24, 2.45) is 0 Å². The zero-order chi connectivity index (χ0) is 17.8. The van der Waals surface area contributed by atoms with Gasteiger partial charge in [0, 0.05) is 12.2 Å². The monoisotopic (exact) mass is 369 g/mol. The number of hydrogen-bond donors (Lipinski definition) is 4. The van der Waals surface area contributed by atoms with E-state index in [0.717, 1.165) is 12.2 Å². The van der Waals surface area contributed by atoms with Crippen LogP contribution < -0.4 is 21.5 Å². The largest absolute Gasteiger partial charge is 0.390 e. The Labute approximate surface area is 149 Å². The smallest absolute Gasteiger partial charge is 0.278 e. The molecule has 1 saturated carbocycles. The maximum Gasteiger partial charge on any atom is 0.278 e. The maximum atomic E-state index is 12.3. The minimum absolute atomic E-state index is 0.200. The second kappa shape index (κ2) is 6.13. The first-order valence-corrected chi connectivity index (χ1v) is 9.50. The summed E-state index contributed by atoms with van der Waals surface area (Å²) in [6, 6.07) is -0.200. The third-order valence-electron chi connectivity index (χ3n) is 4.59. The van der Waals surface area contributed by atoms with Crippen LogP contribution in [0.25, 0.3) is 0 Å². The molecule has 0 amide bonds. The van der Waals surface area contributed by atoms with Crippen LogP contribution in [0.15, 0.2) is 9.95 Å². The standard InChI is InChI=1S/C15H23N5O4S/c1-4-5-25-14-16-12-9(13(22)17-14)18-19-20(12)7-6-8(21)11-10(7)23-15(2,3)24-11/h7-8,10-11,18-19,21H,4-6H2,1-3H3,(H,16,17,22). The van der Waals surface area contributed by atoms with Crippen LogP contribution in [0.5, 0.6) is 0 Å². The minimum Gasteiger partial charge on any atom is -0.390 e. The van der Waals surface area contributed by atoms with Crippen molar-refractivity contribution in [1.29, 1.82) is 0 Å². The molecule has 138 valence electrons. The Balaban J connectivity index is 1.64. The van der Waals surface area contributed by atoms with E-state index in [9.17, 15) is 9.90 Å². The minimum atomic E-state index is -0.741. The number of nitrogens with zero attached hydrogens (tertiary/aromatic N) is 2. The first-order valence-electron chi connectivity index (χ1n) is 8.51. The molecule has 3 heterocycles. The van der Waals surface area contributed by atoms with Crippen LogP contribution in [0.3, 0.4) is 0 Å². The van der Waals surface area contributed by atoms with Gasteiger partial charge in [-0.1, -0.05) is 18.7 Å². The van der Waals surface area contributed by atoms with Crippen molar-refractivity contribution in [3.8, 4) is 0 Å². The molecule has 0 spiro atoms. The van der Waals surface area contributed by atoms with Gasteiger partial charge < -0.3 is 14.6 Å². The second-order valence-corrected chi connectivity index (χ2v) is 8.04. The molecule has 2 aliphatic heterocycles. The number of hydrogen-bond acceptors (Lipinski definition) is 9. The molecular formula is C15H23N5O4S. The molecule has 4 unspecified atom stereocenters. The van der Waals surface area contributed by atoms with E-state index in [1.54, 1.807) is 5.01 Å². The van der Waals surface area contributed by atoms with Gasteiger partial charge >= 0.3 is 0 Å². The number of anilines is 2. The van der Waals surface area contributed by atoms with E-state index in [-0.39, 0.29) is 23.8 Å². The van der Waals surface area contributed by atoms with Gasteiger partial charge in [0.05, 0.1) is 12.1 Å². The van der Waals surface area contributed by atoms with E-state index in [1.165, 1.54) is 11.8 Å². The lowest BCUT2D eigenvalue weighted by molar-refractivity contribution is -0.163. The fourth-order valence-electron chi connectivity index (χ4n) is 3.58. The van der Waals surface area contributed by atoms with E-state index < -0.39 is 11.9 Å². The summed E-state index contributed by atoms with van der Waals surface area (Å²) in [5.41, 5.74) is 6.02. The van der Waals surface area contributed by atoms with Gasteiger partial charge in [-0.15, -0.1) is 5.53 Å². The first kappa shape index (κ1) is 17.1. The molecule has 4 atom stereocenters. The zero-order valence-corrected chi connectivity index (χ0v) is 15.2. The number of ether oxygens (including phenoxy) is 2. The summed E-state index contributed by atoms with van der Waals surface area (Å²) in [6.45, 7) is 5.75. The van der Waals surface area contributed by atoms with Gasteiger partial charge in [0.25, 0.3) is 5.56 Å². The van der Waals surface area contributed by atoms with Crippen molar-refractivity contribution in [2.45, 2.75) is 68.9 Å². The number of thioether (sulfide) groups is 1. The van der Waals surface area contributed by atoms with Crippen molar-refractivity contribution in [2.75, 3.05) is 16.2 Å². The quantitative estimate of drug-likeness (QED) is 0.447. The summed E-state index contributed by atoms with van der Waals surface area (Å²) in [5.74, 6) is 0.656. The van der Waals surface area contributed by atoms with Gasteiger partial charge in [-0.05, 0) is 20.3 Å². The molecule has 0 radical (unpaired) electrons. The predicted octanol–water partition coefficient (Wildman–Crippen LogP) is 0.577. The molecule has 25 heavy (non-hydrogen) atoms. The highest BCUT2D eigenvalue weighted by Crippen LogP contribution is 2.42. The fourth-order valence-corrected chi connectivity index (χ4v) is 4.30. The zero-order valence-electron chi connectivity index (χ0n) is 14.4. The van der Waals surface area contributed by atoms with Gasteiger partial charge in [0.1, 0.15) is 12.2 Å². The van der Waals surface area contributed by atoms with Crippen LogP contribution in [0.1, 0.15) is 33.6 Å². The highest BCUT2D eigenvalue weighted by atomic mass is 32.2. The lowest BCUT2D eigenvalue weighted by Gasteiger charge is -2.29. The van der Waals surface area contributed by atoms with E-state index in [2.05, 4.69) is 27.9 Å². The van der Waals surface area contributed by atoms with Crippen LogP contribution in [0, 0.1) is 0 Å². The highest BCUT2D eigenvalue weighted by Gasteiger charge is 2.56. The number of aliphatic hydroxyl groups is 1. The van der Waals surface area contributed by atoms with Gasteiger partial charge in [0.15, 0.2) is 22.4 Å². The van der Waals surface area contributed by atoms with Crippen LogP contribution in [0.2, 0.25) is 0 Å². The Morgan fingerprint density at radius 1 is 1.40 bits per heavy atom. The average Bonchev–Trinajstić information content (AvgIpc) is 3.18. The molecule has 4 rings (SSSR count). The molecule has 1 aliphatic carbocycles. The summed E-state index contributed by atoms with van der Waals surface area (Å²) in [6.07, 6.45) is 0.133.